The van der Waals surface area contributed by atoms with Gasteiger partial charge in [0.15, 0.2) is 11.6 Å². The third-order valence-electron chi connectivity index (χ3n) is 2.74. The Morgan fingerprint density at radius 1 is 0.952 bits per heavy atom. The summed E-state index contributed by atoms with van der Waals surface area (Å²) < 4.78 is 49.8. The molecule has 0 atom stereocenters. The lowest BCUT2D eigenvalue weighted by molar-refractivity contribution is 0.331. The van der Waals surface area contributed by atoms with Gasteiger partial charge in [0.1, 0.15) is 29.6 Å². The first-order valence-electron chi connectivity index (χ1n) is 6.25. The number of benzene rings is 2. The van der Waals surface area contributed by atoms with Crippen molar-refractivity contribution in [2.75, 3.05) is 25.6 Å². The highest BCUT2D eigenvalue weighted by atomic mass is 19.1. The molecule has 0 heterocycles. The maximum atomic E-state index is 13.3. The molecule has 2 rings (SSSR count). The molecule has 0 saturated heterocycles. The predicted molar refractivity (Wildman–Crippen MR) is 73.3 cm³/mol. The molecular formula is C15H14F3NO2. The Morgan fingerprint density at radius 3 is 2.10 bits per heavy atom. The van der Waals surface area contributed by atoms with Crippen LogP contribution in [0, 0.1) is 17.5 Å². The molecule has 0 saturated carbocycles. The standard InChI is InChI=1S/C15H14F3NO2/c1-20-11-2-4-12(5-3-11)21-7-6-19-15-13(17)8-10(16)9-14(15)18/h2-5,8-9,19H,6-7H2,1H3. The van der Waals surface area contributed by atoms with Crippen molar-refractivity contribution in [2.45, 2.75) is 0 Å². The van der Waals surface area contributed by atoms with Gasteiger partial charge < -0.3 is 14.8 Å². The zero-order chi connectivity index (χ0) is 15.2. The van der Waals surface area contributed by atoms with Gasteiger partial charge in [0.25, 0.3) is 0 Å². The molecule has 1 N–H and O–H groups in total. The highest BCUT2D eigenvalue weighted by Crippen LogP contribution is 2.20. The third-order valence-corrected chi connectivity index (χ3v) is 2.74. The molecule has 0 spiro atoms. The fourth-order valence-corrected chi connectivity index (χ4v) is 1.73. The number of rotatable bonds is 6. The first-order valence-corrected chi connectivity index (χ1v) is 6.25. The van der Waals surface area contributed by atoms with Crippen LogP contribution in [0.2, 0.25) is 0 Å². The Bertz CT molecular complexity index is 579. The summed E-state index contributed by atoms with van der Waals surface area (Å²) in [6, 6.07) is 8.16. The second-order valence-corrected chi connectivity index (χ2v) is 4.20. The largest absolute Gasteiger partial charge is 0.497 e. The van der Waals surface area contributed by atoms with Crippen molar-refractivity contribution in [2.24, 2.45) is 0 Å². The number of halogens is 3. The maximum absolute atomic E-state index is 13.3. The van der Waals surface area contributed by atoms with Crippen LogP contribution in [-0.4, -0.2) is 20.3 Å². The number of hydrogen-bond donors (Lipinski definition) is 1. The van der Waals surface area contributed by atoms with E-state index in [1.807, 2.05) is 0 Å². The zero-order valence-corrected chi connectivity index (χ0v) is 11.3. The average Bonchev–Trinajstić information content (AvgIpc) is 2.46. The van der Waals surface area contributed by atoms with Crippen molar-refractivity contribution in [1.29, 1.82) is 0 Å². The molecule has 0 bridgehead atoms. The van der Waals surface area contributed by atoms with Crippen LogP contribution in [-0.2, 0) is 0 Å². The fraction of sp³-hybridized carbons (Fsp3) is 0.200. The first kappa shape index (κ1) is 15.0. The Morgan fingerprint density at radius 2 is 1.52 bits per heavy atom. The number of ether oxygens (including phenoxy) is 2. The molecular weight excluding hydrogens is 283 g/mol. The minimum atomic E-state index is -0.975. The topological polar surface area (TPSA) is 30.5 Å². The predicted octanol–water partition coefficient (Wildman–Crippen LogP) is 3.60. The Labute approximate surface area is 120 Å². The minimum Gasteiger partial charge on any atom is -0.497 e. The van der Waals surface area contributed by atoms with Crippen LogP contribution in [0.15, 0.2) is 36.4 Å². The molecule has 21 heavy (non-hydrogen) atoms. The van der Waals surface area contributed by atoms with Gasteiger partial charge in [-0.1, -0.05) is 0 Å². The van der Waals surface area contributed by atoms with Gasteiger partial charge in [0.05, 0.1) is 7.11 Å². The van der Waals surface area contributed by atoms with Crippen LogP contribution in [0.5, 0.6) is 11.5 Å². The normalized spacial score (nSPS) is 10.3. The molecule has 0 radical (unpaired) electrons. The van der Waals surface area contributed by atoms with Crippen LogP contribution in [0.4, 0.5) is 18.9 Å². The highest BCUT2D eigenvalue weighted by Gasteiger charge is 2.10. The average molecular weight is 297 g/mol. The van der Waals surface area contributed by atoms with E-state index in [9.17, 15) is 13.2 Å². The van der Waals surface area contributed by atoms with Gasteiger partial charge in [-0.3, -0.25) is 0 Å². The molecule has 0 amide bonds. The zero-order valence-electron chi connectivity index (χ0n) is 11.3. The number of hydrogen-bond acceptors (Lipinski definition) is 3. The van der Waals surface area contributed by atoms with Crippen molar-refractivity contribution in [3.8, 4) is 11.5 Å². The Kier molecular flexibility index (Phi) is 4.92. The van der Waals surface area contributed by atoms with Crippen molar-refractivity contribution < 1.29 is 22.6 Å². The van der Waals surface area contributed by atoms with Gasteiger partial charge in [-0.15, -0.1) is 0 Å². The summed E-state index contributed by atoms with van der Waals surface area (Å²) in [5.41, 5.74) is -0.366. The molecule has 2 aromatic carbocycles. The lowest BCUT2D eigenvalue weighted by Gasteiger charge is -2.10. The molecule has 0 aliphatic carbocycles. The number of methoxy groups -OCH3 is 1. The van der Waals surface area contributed by atoms with Gasteiger partial charge >= 0.3 is 0 Å². The summed E-state index contributed by atoms with van der Waals surface area (Å²) in [6.45, 7) is 0.369. The minimum absolute atomic E-state index is 0.172. The van der Waals surface area contributed by atoms with Crippen LogP contribution in [0.25, 0.3) is 0 Å². The Balaban J connectivity index is 1.84. The molecule has 112 valence electrons. The molecule has 0 aliphatic rings. The van der Waals surface area contributed by atoms with E-state index in [4.69, 9.17) is 9.47 Å². The fourth-order valence-electron chi connectivity index (χ4n) is 1.73. The highest BCUT2D eigenvalue weighted by molar-refractivity contribution is 5.46. The Hall–Kier alpha value is -2.37. The SMILES string of the molecule is COc1ccc(OCCNc2c(F)cc(F)cc2F)cc1. The second kappa shape index (κ2) is 6.88. The summed E-state index contributed by atoms with van der Waals surface area (Å²) in [6.07, 6.45) is 0. The second-order valence-electron chi connectivity index (χ2n) is 4.20. The van der Waals surface area contributed by atoms with Crippen LogP contribution in [0.1, 0.15) is 0 Å². The van der Waals surface area contributed by atoms with Crippen LogP contribution < -0.4 is 14.8 Å². The first-order chi connectivity index (χ1) is 10.1. The molecule has 0 aliphatic heterocycles. The number of nitrogens with one attached hydrogen (secondary N) is 1. The van der Waals surface area contributed by atoms with Crippen molar-refractivity contribution in [3.05, 3.63) is 53.8 Å². The summed E-state index contributed by atoms with van der Waals surface area (Å²) in [5, 5.41) is 2.53. The smallest absolute Gasteiger partial charge is 0.152 e. The molecule has 0 fully saturated rings. The van der Waals surface area contributed by atoms with E-state index in [-0.39, 0.29) is 18.8 Å². The van der Waals surface area contributed by atoms with E-state index in [0.717, 1.165) is 0 Å². The van der Waals surface area contributed by atoms with Crippen molar-refractivity contribution in [1.82, 2.24) is 0 Å². The van der Waals surface area contributed by atoms with Crippen LogP contribution >= 0.6 is 0 Å². The molecule has 3 nitrogen and oxygen atoms in total. The van der Waals surface area contributed by atoms with Gasteiger partial charge in [-0.05, 0) is 24.3 Å². The van der Waals surface area contributed by atoms with Gasteiger partial charge in [-0.25, -0.2) is 13.2 Å². The van der Waals surface area contributed by atoms with E-state index >= 15 is 0 Å². The van der Waals surface area contributed by atoms with Crippen molar-refractivity contribution in [3.63, 3.8) is 0 Å². The summed E-state index contributed by atoms with van der Waals surface area (Å²) in [7, 11) is 1.56. The molecule has 0 unspecified atom stereocenters. The van der Waals surface area contributed by atoms with Gasteiger partial charge in [-0.2, -0.15) is 0 Å². The van der Waals surface area contributed by atoms with E-state index < -0.39 is 17.5 Å². The summed E-state index contributed by atoms with van der Waals surface area (Å²) >= 11 is 0. The lowest BCUT2D eigenvalue weighted by atomic mass is 10.3. The van der Waals surface area contributed by atoms with Gasteiger partial charge in [0.2, 0.25) is 0 Å². The van der Waals surface area contributed by atoms with E-state index in [0.29, 0.717) is 23.6 Å². The van der Waals surface area contributed by atoms with E-state index in [1.54, 1.807) is 31.4 Å². The number of anilines is 1. The van der Waals surface area contributed by atoms with E-state index in [2.05, 4.69) is 5.32 Å². The third kappa shape index (κ3) is 4.05. The summed E-state index contributed by atoms with van der Waals surface area (Å²) in [4.78, 5) is 0. The molecule has 2 aromatic rings. The van der Waals surface area contributed by atoms with Gasteiger partial charge in [0, 0.05) is 18.7 Å². The van der Waals surface area contributed by atoms with E-state index in [1.165, 1.54) is 0 Å². The molecule has 0 aromatic heterocycles. The quantitative estimate of drug-likeness (QED) is 0.826. The lowest BCUT2D eigenvalue weighted by Crippen LogP contribution is -2.13. The monoisotopic (exact) mass is 297 g/mol. The summed E-state index contributed by atoms with van der Waals surface area (Å²) in [5.74, 6) is -1.59. The van der Waals surface area contributed by atoms with Crippen LogP contribution in [0.3, 0.4) is 0 Å². The molecule has 6 heteroatoms. The maximum Gasteiger partial charge on any atom is 0.152 e. The van der Waals surface area contributed by atoms with Crippen molar-refractivity contribution >= 4 is 5.69 Å².